The number of benzene rings is 5. The Kier molecular flexibility index (Phi) is 4.18. The van der Waals surface area contributed by atoms with Gasteiger partial charge in [-0.1, -0.05) is 91.0 Å². The van der Waals surface area contributed by atoms with Gasteiger partial charge >= 0.3 is 0 Å². The van der Waals surface area contributed by atoms with Gasteiger partial charge in [-0.15, -0.1) is 0 Å². The minimum Gasteiger partial charge on any atom is -0.0622 e. The van der Waals surface area contributed by atoms with Gasteiger partial charge in [-0.25, -0.2) is 0 Å². The van der Waals surface area contributed by atoms with Crippen LogP contribution in [0.15, 0.2) is 103 Å². The fourth-order valence-electron chi connectivity index (χ4n) is 4.17. The Hall–Kier alpha value is -3.38. The molecule has 0 nitrogen and oxygen atoms in total. The third-order valence-electron chi connectivity index (χ3n) is 5.67. The van der Waals surface area contributed by atoms with Crippen LogP contribution in [0, 0.1) is 6.92 Å². The first-order valence-corrected chi connectivity index (χ1v) is 9.84. The molecule has 0 aromatic heterocycles. The summed E-state index contributed by atoms with van der Waals surface area (Å²) in [5.41, 5.74) is 6.68. The van der Waals surface area contributed by atoms with E-state index in [1.165, 1.54) is 49.4 Å². The van der Waals surface area contributed by atoms with Crippen molar-refractivity contribution in [2.75, 3.05) is 0 Å². The quantitative estimate of drug-likeness (QED) is 0.292. The van der Waals surface area contributed by atoms with Crippen LogP contribution in [0.4, 0.5) is 0 Å². The topological polar surface area (TPSA) is 0 Å². The lowest BCUT2D eigenvalue weighted by atomic mass is 9.90. The molecule has 0 radical (unpaired) electrons. The summed E-state index contributed by atoms with van der Waals surface area (Å²) in [6.45, 7) is 2.21. The average Bonchev–Trinajstić information content (AvgIpc) is 2.76. The van der Waals surface area contributed by atoms with E-state index in [2.05, 4.69) is 110 Å². The standard InChI is InChI=1S/C28H22/c1-20-15-16-25(28-19-23-12-6-5-11-22(23)18-27(20)28)17-24-13-7-8-14-26(24)21-9-3-2-4-10-21/h2-16,18-19H,17H2,1H3. The molecule has 0 spiro atoms. The van der Waals surface area contributed by atoms with Crippen LogP contribution in [0.2, 0.25) is 0 Å². The number of hydrogen-bond acceptors (Lipinski definition) is 0. The summed E-state index contributed by atoms with van der Waals surface area (Å²) in [6, 6.07) is 37.4. The van der Waals surface area contributed by atoms with Gasteiger partial charge in [-0.2, -0.15) is 0 Å². The van der Waals surface area contributed by atoms with Crippen molar-refractivity contribution in [2.45, 2.75) is 13.3 Å². The van der Waals surface area contributed by atoms with Gasteiger partial charge in [-0.3, -0.25) is 0 Å². The summed E-state index contributed by atoms with van der Waals surface area (Å²) in [4.78, 5) is 0. The predicted molar refractivity (Wildman–Crippen MR) is 121 cm³/mol. The first-order valence-electron chi connectivity index (χ1n) is 9.84. The van der Waals surface area contributed by atoms with E-state index in [9.17, 15) is 0 Å². The molecule has 28 heavy (non-hydrogen) atoms. The van der Waals surface area contributed by atoms with E-state index in [4.69, 9.17) is 0 Å². The van der Waals surface area contributed by atoms with Crippen LogP contribution in [0.25, 0.3) is 32.7 Å². The fourth-order valence-corrected chi connectivity index (χ4v) is 4.17. The zero-order chi connectivity index (χ0) is 18.9. The van der Waals surface area contributed by atoms with Crippen molar-refractivity contribution in [3.05, 3.63) is 120 Å². The summed E-state index contributed by atoms with van der Waals surface area (Å²) >= 11 is 0. The van der Waals surface area contributed by atoms with E-state index in [-0.39, 0.29) is 0 Å². The number of hydrogen-bond donors (Lipinski definition) is 0. The van der Waals surface area contributed by atoms with E-state index in [0.717, 1.165) is 6.42 Å². The molecule has 0 heterocycles. The van der Waals surface area contributed by atoms with Crippen molar-refractivity contribution < 1.29 is 0 Å². The summed E-state index contributed by atoms with van der Waals surface area (Å²) in [5.74, 6) is 0. The van der Waals surface area contributed by atoms with Gasteiger partial charge in [0.2, 0.25) is 0 Å². The van der Waals surface area contributed by atoms with Crippen molar-refractivity contribution in [3.8, 4) is 11.1 Å². The van der Waals surface area contributed by atoms with E-state index >= 15 is 0 Å². The average molecular weight is 358 g/mol. The van der Waals surface area contributed by atoms with Crippen LogP contribution in [0.3, 0.4) is 0 Å². The highest BCUT2D eigenvalue weighted by Crippen LogP contribution is 2.31. The highest BCUT2D eigenvalue weighted by atomic mass is 14.1. The predicted octanol–water partition coefficient (Wildman–Crippen LogP) is 7.56. The van der Waals surface area contributed by atoms with E-state index < -0.39 is 0 Å². The van der Waals surface area contributed by atoms with E-state index in [0.29, 0.717) is 0 Å². The molecule has 0 bridgehead atoms. The Morgan fingerprint density at radius 3 is 1.96 bits per heavy atom. The molecule has 0 aliphatic rings. The largest absolute Gasteiger partial charge is 0.0622 e. The van der Waals surface area contributed by atoms with Crippen LogP contribution in [0.5, 0.6) is 0 Å². The van der Waals surface area contributed by atoms with Crippen molar-refractivity contribution in [3.63, 3.8) is 0 Å². The molecule has 0 saturated carbocycles. The Bertz CT molecular complexity index is 1280. The van der Waals surface area contributed by atoms with Gasteiger partial charge in [0.05, 0.1) is 0 Å². The van der Waals surface area contributed by atoms with Gasteiger partial charge < -0.3 is 0 Å². The van der Waals surface area contributed by atoms with E-state index in [1.54, 1.807) is 0 Å². The third-order valence-corrected chi connectivity index (χ3v) is 5.67. The minimum atomic E-state index is 0.931. The van der Waals surface area contributed by atoms with Gasteiger partial charge in [0.1, 0.15) is 0 Å². The summed E-state index contributed by atoms with van der Waals surface area (Å²) in [5, 5.41) is 5.33. The van der Waals surface area contributed by atoms with Gasteiger partial charge in [0.15, 0.2) is 0 Å². The maximum atomic E-state index is 2.36. The molecule has 0 atom stereocenters. The summed E-state index contributed by atoms with van der Waals surface area (Å²) < 4.78 is 0. The lowest BCUT2D eigenvalue weighted by molar-refractivity contribution is 1.21. The molecule has 134 valence electrons. The molecule has 0 heteroatoms. The maximum Gasteiger partial charge on any atom is -0.00135 e. The second-order valence-electron chi connectivity index (χ2n) is 7.49. The first-order chi connectivity index (χ1) is 13.8. The van der Waals surface area contributed by atoms with E-state index in [1.807, 2.05) is 0 Å². The lowest BCUT2D eigenvalue weighted by Gasteiger charge is -2.14. The second kappa shape index (κ2) is 6.98. The molecule has 0 N–H and O–H groups in total. The molecular weight excluding hydrogens is 336 g/mol. The van der Waals surface area contributed by atoms with Crippen LogP contribution < -0.4 is 0 Å². The summed E-state index contributed by atoms with van der Waals surface area (Å²) in [7, 11) is 0. The first kappa shape index (κ1) is 16.8. The fraction of sp³-hybridized carbons (Fsp3) is 0.0714. The number of aryl methyl sites for hydroxylation is 1. The highest BCUT2D eigenvalue weighted by molar-refractivity contribution is 6.01. The molecule has 5 aromatic carbocycles. The molecule has 0 amide bonds. The van der Waals surface area contributed by atoms with Crippen molar-refractivity contribution in [1.29, 1.82) is 0 Å². The Labute approximate surface area is 166 Å². The zero-order valence-electron chi connectivity index (χ0n) is 16.0. The van der Waals surface area contributed by atoms with Crippen LogP contribution in [-0.4, -0.2) is 0 Å². The lowest BCUT2D eigenvalue weighted by Crippen LogP contribution is -1.95. The smallest absolute Gasteiger partial charge is 0.00135 e. The number of rotatable bonds is 3. The zero-order valence-corrected chi connectivity index (χ0v) is 16.0. The maximum absolute atomic E-state index is 2.36. The van der Waals surface area contributed by atoms with Crippen molar-refractivity contribution in [2.24, 2.45) is 0 Å². The second-order valence-corrected chi connectivity index (χ2v) is 7.49. The van der Waals surface area contributed by atoms with Gasteiger partial charge in [-0.05, 0) is 74.8 Å². The highest BCUT2D eigenvalue weighted by Gasteiger charge is 2.10. The molecule has 0 unspecified atom stereocenters. The van der Waals surface area contributed by atoms with Gasteiger partial charge in [0.25, 0.3) is 0 Å². The molecule has 5 aromatic rings. The molecule has 0 aliphatic carbocycles. The Morgan fingerprint density at radius 2 is 1.18 bits per heavy atom. The molecule has 0 fully saturated rings. The van der Waals surface area contributed by atoms with Crippen molar-refractivity contribution in [1.82, 2.24) is 0 Å². The third kappa shape index (κ3) is 2.97. The monoisotopic (exact) mass is 358 g/mol. The SMILES string of the molecule is Cc1ccc(Cc2ccccc2-c2ccccc2)c2cc3ccccc3cc12. The Balaban J connectivity index is 1.67. The molecular formula is C28H22. The number of fused-ring (bicyclic) bond motifs is 2. The summed E-state index contributed by atoms with van der Waals surface area (Å²) in [6.07, 6.45) is 0.931. The van der Waals surface area contributed by atoms with Crippen molar-refractivity contribution >= 4 is 21.5 Å². The minimum absolute atomic E-state index is 0.931. The van der Waals surface area contributed by atoms with Crippen LogP contribution in [-0.2, 0) is 6.42 Å². The molecule has 5 rings (SSSR count). The molecule has 0 saturated heterocycles. The normalized spacial score (nSPS) is 11.2. The van der Waals surface area contributed by atoms with Gasteiger partial charge in [0, 0.05) is 0 Å². The van der Waals surface area contributed by atoms with Crippen LogP contribution in [0.1, 0.15) is 16.7 Å². The van der Waals surface area contributed by atoms with Crippen LogP contribution >= 0.6 is 0 Å². The molecule has 0 aliphatic heterocycles. The Morgan fingerprint density at radius 1 is 0.536 bits per heavy atom.